The molecule has 0 bridgehead atoms. The van der Waals surface area contributed by atoms with Crippen LogP contribution in [0, 0.1) is 0 Å². The molecule has 0 saturated carbocycles. The highest BCUT2D eigenvalue weighted by atomic mass is 16.5. The molecule has 68 heavy (non-hydrogen) atoms. The number of fused-ring (bicyclic) bond motifs is 14. The van der Waals surface area contributed by atoms with Crippen molar-refractivity contribution in [3.8, 4) is 28.4 Å². The second-order valence-electron chi connectivity index (χ2n) is 18.2. The average molecular weight is 876 g/mol. The third-order valence-corrected chi connectivity index (χ3v) is 14.6. The zero-order valence-corrected chi connectivity index (χ0v) is 37.8. The summed E-state index contributed by atoms with van der Waals surface area (Å²) in [4.78, 5) is 5.33. The van der Waals surface area contributed by atoms with Gasteiger partial charge in [-0.2, -0.15) is 0 Å². The molecule has 2 aliphatic rings. The highest BCUT2D eigenvalue weighted by Gasteiger charge is 2.36. The Labute approximate surface area is 392 Å². The first kappa shape index (κ1) is 38.8. The Morgan fingerprint density at radius 1 is 0.471 bits per heavy atom. The zero-order valence-electron chi connectivity index (χ0n) is 37.8. The Bertz CT molecular complexity index is 4220. The van der Waals surface area contributed by atoms with Gasteiger partial charge in [0.25, 0.3) is 0 Å². The first-order valence-corrected chi connectivity index (χ1v) is 23.9. The van der Waals surface area contributed by atoms with E-state index in [-0.39, 0.29) is 6.10 Å². The van der Waals surface area contributed by atoms with Crippen LogP contribution in [0.25, 0.3) is 115 Å². The van der Waals surface area contributed by atoms with Gasteiger partial charge >= 0.3 is 0 Å². The number of para-hydroxylation sites is 2. The van der Waals surface area contributed by atoms with Crippen molar-refractivity contribution in [2.45, 2.75) is 38.7 Å². The smallest absolute Gasteiger partial charge is 0.137 e. The Morgan fingerprint density at radius 2 is 1.04 bits per heavy atom. The van der Waals surface area contributed by atoms with Crippen LogP contribution < -0.4 is 4.74 Å². The van der Waals surface area contributed by atoms with Crippen molar-refractivity contribution in [2.24, 2.45) is 0 Å². The lowest BCUT2D eigenvalue weighted by atomic mass is 9.81. The van der Waals surface area contributed by atoms with E-state index in [1.165, 1.54) is 65.4 Å². The fourth-order valence-electron chi connectivity index (χ4n) is 11.5. The number of allylic oxidation sites excluding steroid dienone is 1. The van der Waals surface area contributed by atoms with Crippen LogP contribution in [0.5, 0.6) is 5.75 Å². The minimum atomic E-state index is 0.210. The highest BCUT2D eigenvalue weighted by molar-refractivity contribution is 6.16. The molecule has 0 spiro atoms. The first-order chi connectivity index (χ1) is 33.7. The van der Waals surface area contributed by atoms with Crippen molar-refractivity contribution in [3.05, 3.63) is 211 Å². The van der Waals surface area contributed by atoms with Crippen LogP contribution in [-0.4, -0.2) is 20.2 Å². The third kappa shape index (κ3) is 5.85. The maximum atomic E-state index is 6.39. The fourth-order valence-corrected chi connectivity index (χ4v) is 11.5. The maximum Gasteiger partial charge on any atom is 0.137 e. The molecule has 5 heterocycles. The number of hydrogen-bond acceptors (Lipinski definition) is 3. The monoisotopic (exact) mass is 875 g/mol. The summed E-state index contributed by atoms with van der Waals surface area (Å²) >= 11 is 0. The highest BCUT2D eigenvalue weighted by Crippen LogP contribution is 2.48. The number of ether oxygens (including phenoxy) is 1. The van der Waals surface area contributed by atoms with Crippen molar-refractivity contribution in [2.75, 3.05) is 0 Å². The number of pyridine rings is 1. The van der Waals surface area contributed by atoms with Gasteiger partial charge in [0.15, 0.2) is 0 Å². The molecule has 13 aromatic rings. The first-order valence-electron chi connectivity index (χ1n) is 23.9. The van der Waals surface area contributed by atoms with Crippen LogP contribution in [0.3, 0.4) is 0 Å². The lowest BCUT2D eigenvalue weighted by molar-refractivity contribution is 0.205. The number of benzene rings is 9. The van der Waals surface area contributed by atoms with Crippen LogP contribution in [0.4, 0.5) is 0 Å². The van der Waals surface area contributed by atoms with Crippen molar-refractivity contribution in [1.29, 1.82) is 0 Å². The maximum absolute atomic E-state index is 6.39. The molecule has 2 unspecified atom stereocenters. The molecule has 0 fully saturated rings. The summed E-state index contributed by atoms with van der Waals surface area (Å²) in [6, 6.07) is 68.4. The molecule has 324 valence electrons. The molecule has 0 radical (unpaired) electrons. The zero-order chi connectivity index (χ0) is 45.0. The van der Waals surface area contributed by atoms with Gasteiger partial charge in [0.1, 0.15) is 28.8 Å². The van der Waals surface area contributed by atoms with E-state index in [2.05, 4.69) is 191 Å². The number of rotatable bonds is 4. The van der Waals surface area contributed by atoms with E-state index in [0.717, 1.165) is 79.7 Å². The van der Waals surface area contributed by atoms with Crippen molar-refractivity contribution in [1.82, 2.24) is 14.1 Å². The van der Waals surface area contributed by atoms with Gasteiger partial charge in [0.05, 0.1) is 34.0 Å². The van der Waals surface area contributed by atoms with E-state index in [9.17, 15) is 0 Å². The molecule has 0 N–H and O–H groups in total. The van der Waals surface area contributed by atoms with E-state index in [4.69, 9.17) is 14.1 Å². The van der Waals surface area contributed by atoms with E-state index >= 15 is 0 Å². The van der Waals surface area contributed by atoms with Crippen molar-refractivity contribution >= 4 is 92.7 Å². The summed E-state index contributed by atoms with van der Waals surface area (Å²) < 4.78 is 17.3. The minimum Gasteiger partial charge on any atom is -0.489 e. The summed E-state index contributed by atoms with van der Waals surface area (Å²) in [6.45, 7) is 4.00. The predicted molar refractivity (Wildman–Crippen MR) is 283 cm³/mol. The van der Waals surface area contributed by atoms with Gasteiger partial charge in [0.2, 0.25) is 0 Å². The Morgan fingerprint density at radius 3 is 1.78 bits per heavy atom. The summed E-state index contributed by atoms with van der Waals surface area (Å²) in [7, 11) is 0. The molecule has 5 nitrogen and oxygen atoms in total. The van der Waals surface area contributed by atoms with Gasteiger partial charge in [-0.25, -0.2) is 4.98 Å². The lowest BCUT2D eigenvalue weighted by Crippen LogP contribution is -2.21. The number of hydrogen-bond donors (Lipinski definition) is 0. The van der Waals surface area contributed by atoms with Gasteiger partial charge in [-0.05, 0) is 135 Å². The molecule has 2 atom stereocenters. The molecule has 4 aromatic heterocycles. The molecular formula is C63H45N3O2. The summed E-state index contributed by atoms with van der Waals surface area (Å²) in [6.07, 6.45) is 6.55. The molecule has 1 aliphatic carbocycles. The molecule has 0 saturated heterocycles. The Kier molecular flexibility index (Phi) is 8.60. The van der Waals surface area contributed by atoms with Gasteiger partial charge < -0.3 is 13.7 Å². The number of nitrogens with zero attached hydrogens (tertiary/aromatic N) is 3. The second-order valence-corrected chi connectivity index (χ2v) is 18.2. The van der Waals surface area contributed by atoms with E-state index in [1.54, 1.807) is 0 Å². The molecular weight excluding hydrogens is 831 g/mol. The molecule has 0 amide bonds. The molecule has 5 heteroatoms. The van der Waals surface area contributed by atoms with Crippen LogP contribution >= 0.6 is 0 Å². The molecule has 1 aliphatic heterocycles. The lowest BCUT2D eigenvalue weighted by Gasteiger charge is -2.25. The van der Waals surface area contributed by atoms with Gasteiger partial charge in [0, 0.05) is 50.2 Å². The molecule has 9 aromatic carbocycles. The van der Waals surface area contributed by atoms with E-state index < -0.39 is 0 Å². The van der Waals surface area contributed by atoms with Crippen molar-refractivity contribution < 1.29 is 9.15 Å². The summed E-state index contributed by atoms with van der Waals surface area (Å²) in [5.74, 6) is 2.30. The van der Waals surface area contributed by atoms with Crippen molar-refractivity contribution in [3.63, 3.8) is 0 Å². The summed E-state index contributed by atoms with van der Waals surface area (Å²) in [5, 5.41) is 12.0. The topological polar surface area (TPSA) is 45.1 Å². The van der Waals surface area contributed by atoms with Crippen LogP contribution in [0.15, 0.2) is 205 Å². The average Bonchev–Trinajstić information content (AvgIpc) is 4.14. The quantitative estimate of drug-likeness (QED) is 0.177. The molecule has 15 rings (SSSR count). The number of aromatic nitrogens is 3. The second kappa shape index (κ2) is 15.1. The van der Waals surface area contributed by atoms with Gasteiger partial charge in [-0.15, -0.1) is 0 Å². The third-order valence-electron chi connectivity index (χ3n) is 14.6. The Balaban J connectivity index is 0.00000216. The minimum absolute atomic E-state index is 0.210. The SMILES string of the molecule is C1=C(c2ccc3c(c2)c2cc4ccccc4cc2n3-c2ccc(-n3c4ccc(-c5ccc6oc7ccccc7c6c5)cc4c4cc5ccccc5cc43)cn2)CC2c3ccccc3OC2C1.CC. The van der Waals surface area contributed by atoms with E-state index in [0.29, 0.717) is 5.92 Å². The van der Waals surface area contributed by atoms with Crippen LogP contribution in [0.2, 0.25) is 0 Å². The number of furan rings is 1. The normalized spacial score (nSPS) is 15.6. The standard InChI is InChI=1S/C61H39N3O2.C2H6/c1-3-11-38-33-55-49(27-36(38)9-1)47-29-40(42-19-24-59-51(31-42)45-13-5-7-15-57(45)65-59)17-22-53(47)63(55)44-21-26-61(62-35-44)64-54-23-18-41(30-48(54)50-28-37-10-2-4-12-39(37)34-56(50)64)43-20-25-60-52(32-43)46-14-6-8-16-58(46)66-60;1-2/h1-24,26-31,33-35,52,60H,25,32H2;1-2H3. The van der Waals surface area contributed by atoms with Gasteiger partial charge in [-0.3, -0.25) is 4.57 Å². The predicted octanol–water partition coefficient (Wildman–Crippen LogP) is 16.9. The van der Waals surface area contributed by atoms with Crippen LogP contribution in [-0.2, 0) is 0 Å². The Hall–Kier alpha value is -8.41. The van der Waals surface area contributed by atoms with Gasteiger partial charge in [-0.1, -0.05) is 123 Å². The largest absolute Gasteiger partial charge is 0.489 e. The summed E-state index contributed by atoms with van der Waals surface area (Å²) in [5.41, 5.74) is 13.7. The van der Waals surface area contributed by atoms with E-state index in [1.807, 2.05) is 32.2 Å². The fraction of sp³-hybridized carbons (Fsp3) is 0.0952. The van der Waals surface area contributed by atoms with Crippen LogP contribution in [0.1, 0.15) is 43.7 Å².